The summed E-state index contributed by atoms with van der Waals surface area (Å²) in [5, 5.41) is 3.24. The van der Waals surface area contributed by atoms with Gasteiger partial charge in [0.2, 0.25) is 5.96 Å². The van der Waals surface area contributed by atoms with E-state index in [1.165, 1.54) is 31.2 Å². The molecule has 2 rings (SSSR count). The Balaban J connectivity index is 2.06. The highest BCUT2D eigenvalue weighted by molar-refractivity contribution is 5.93. The number of hydrogen-bond acceptors (Lipinski definition) is 2. The van der Waals surface area contributed by atoms with Crippen LogP contribution in [-0.4, -0.2) is 12.0 Å². The van der Waals surface area contributed by atoms with Gasteiger partial charge in [0.25, 0.3) is 0 Å². The molecule has 0 amide bonds. The van der Waals surface area contributed by atoms with E-state index in [1.54, 1.807) is 0 Å². The average molecular weight is 232 g/mol. The zero-order valence-corrected chi connectivity index (χ0v) is 10.2. The molecule has 1 aliphatic carbocycles. The molecule has 4 heteroatoms. The number of aliphatic imine (C=N–C) groups is 1. The lowest BCUT2D eigenvalue weighted by molar-refractivity contribution is 0.700. The number of nitrogens with two attached hydrogens (primary N) is 1. The SMILES string of the molecule is Cc1ccccc1NC(=NC1CCCC1)NN. The third-order valence-electron chi connectivity index (χ3n) is 3.17. The van der Waals surface area contributed by atoms with Crippen molar-refractivity contribution >= 4 is 11.6 Å². The second-order valence-corrected chi connectivity index (χ2v) is 4.50. The molecule has 0 bridgehead atoms. The minimum Gasteiger partial charge on any atom is -0.325 e. The van der Waals surface area contributed by atoms with Gasteiger partial charge in [0, 0.05) is 5.69 Å². The monoisotopic (exact) mass is 232 g/mol. The molecule has 1 saturated carbocycles. The topological polar surface area (TPSA) is 62.4 Å². The Morgan fingerprint density at radius 3 is 2.65 bits per heavy atom. The van der Waals surface area contributed by atoms with E-state index in [4.69, 9.17) is 5.84 Å². The number of aryl methyl sites for hydroxylation is 1. The minimum atomic E-state index is 0.414. The smallest absolute Gasteiger partial charge is 0.210 e. The van der Waals surface area contributed by atoms with Gasteiger partial charge in [-0.1, -0.05) is 31.0 Å². The normalized spacial score (nSPS) is 17.2. The van der Waals surface area contributed by atoms with E-state index >= 15 is 0 Å². The summed E-state index contributed by atoms with van der Waals surface area (Å²) in [6, 6.07) is 8.52. The molecule has 4 N–H and O–H groups in total. The number of hydrogen-bond donors (Lipinski definition) is 3. The number of rotatable bonds is 2. The predicted molar refractivity (Wildman–Crippen MR) is 71.8 cm³/mol. The summed E-state index contributed by atoms with van der Waals surface area (Å²) in [7, 11) is 0. The Hall–Kier alpha value is -1.55. The fourth-order valence-corrected chi connectivity index (χ4v) is 2.16. The number of nitrogens with zero attached hydrogens (tertiary/aromatic N) is 1. The Morgan fingerprint density at radius 1 is 1.29 bits per heavy atom. The van der Waals surface area contributed by atoms with Gasteiger partial charge in [0.1, 0.15) is 0 Å². The Morgan fingerprint density at radius 2 is 2.00 bits per heavy atom. The molecule has 0 aromatic heterocycles. The lowest BCUT2D eigenvalue weighted by Gasteiger charge is -2.13. The minimum absolute atomic E-state index is 0.414. The number of nitrogens with one attached hydrogen (secondary N) is 2. The first kappa shape index (κ1) is 11.9. The Labute approximate surface area is 102 Å². The van der Waals surface area contributed by atoms with E-state index in [9.17, 15) is 0 Å². The summed E-state index contributed by atoms with van der Waals surface area (Å²) in [6.07, 6.45) is 4.88. The van der Waals surface area contributed by atoms with Crippen molar-refractivity contribution in [2.45, 2.75) is 38.6 Å². The van der Waals surface area contributed by atoms with Gasteiger partial charge < -0.3 is 5.32 Å². The second kappa shape index (κ2) is 5.68. The zero-order valence-electron chi connectivity index (χ0n) is 10.2. The van der Waals surface area contributed by atoms with Crippen LogP contribution in [0.3, 0.4) is 0 Å². The van der Waals surface area contributed by atoms with Gasteiger partial charge in [0.05, 0.1) is 6.04 Å². The zero-order chi connectivity index (χ0) is 12.1. The highest BCUT2D eigenvalue weighted by Crippen LogP contribution is 2.21. The van der Waals surface area contributed by atoms with Gasteiger partial charge in [-0.05, 0) is 31.4 Å². The van der Waals surface area contributed by atoms with Crippen LogP contribution in [0.25, 0.3) is 0 Å². The van der Waals surface area contributed by atoms with Crippen molar-refractivity contribution in [2.75, 3.05) is 5.32 Å². The largest absolute Gasteiger partial charge is 0.325 e. The molecule has 0 spiro atoms. The molecule has 17 heavy (non-hydrogen) atoms. The predicted octanol–water partition coefficient (Wildman–Crippen LogP) is 2.17. The molecule has 0 unspecified atom stereocenters. The first-order valence-corrected chi connectivity index (χ1v) is 6.16. The van der Waals surface area contributed by atoms with Crippen molar-refractivity contribution in [1.82, 2.24) is 5.43 Å². The van der Waals surface area contributed by atoms with Crippen molar-refractivity contribution in [3.05, 3.63) is 29.8 Å². The molecule has 0 heterocycles. The quantitative estimate of drug-likeness (QED) is 0.317. The summed E-state index contributed by atoms with van der Waals surface area (Å²) in [6.45, 7) is 2.06. The van der Waals surface area contributed by atoms with Gasteiger partial charge in [-0.3, -0.25) is 5.43 Å². The highest BCUT2D eigenvalue weighted by atomic mass is 15.3. The lowest BCUT2D eigenvalue weighted by Crippen LogP contribution is -2.37. The standard InChI is InChI=1S/C13H20N4/c1-10-6-2-5-9-12(10)16-13(17-14)15-11-7-3-4-8-11/h2,5-6,9,11H,3-4,7-8,14H2,1H3,(H2,15,16,17). The number of para-hydroxylation sites is 1. The van der Waals surface area contributed by atoms with Gasteiger partial charge in [0.15, 0.2) is 0 Å². The maximum atomic E-state index is 5.51. The van der Waals surface area contributed by atoms with E-state index in [0.29, 0.717) is 12.0 Å². The van der Waals surface area contributed by atoms with Crippen LogP contribution in [0.4, 0.5) is 5.69 Å². The number of guanidine groups is 1. The van der Waals surface area contributed by atoms with Crippen LogP contribution in [-0.2, 0) is 0 Å². The molecule has 1 aromatic rings. The van der Waals surface area contributed by atoms with Crippen LogP contribution >= 0.6 is 0 Å². The summed E-state index contributed by atoms with van der Waals surface area (Å²) in [5.41, 5.74) is 4.87. The molecule has 1 fully saturated rings. The van der Waals surface area contributed by atoms with Gasteiger partial charge in [-0.2, -0.15) is 0 Å². The highest BCUT2D eigenvalue weighted by Gasteiger charge is 2.14. The third-order valence-corrected chi connectivity index (χ3v) is 3.17. The van der Waals surface area contributed by atoms with Crippen molar-refractivity contribution < 1.29 is 0 Å². The first-order valence-electron chi connectivity index (χ1n) is 6.16. The summed E-state index contributed by atoms with van der Waals surface area (Å²) >= 11 is 0. The van der Waals surface area contributed by atoms with Crippen LogP contribution < -0.4 is 16.6 Å². The maximum absolute atomic E-state index is 5.51. The summed E-state index contributed by atoms with van der Waals surface area (Å²) in [5.74, 6) is 6.16. The van der Waals surface area contributed by atoms with Crippen molar-refractivity contribution in [3.63, 3.8) is 0 Å². The van der Waals surface area contributed by atoms with Gasteiger partial charge >= 0.3 is 0 Å². The molecular weight excluding hydrogens is 212 g/mol. The van der Waals surface area contributed by atoms with Crippen LogP contribution in [0.5, 0.6) is 0 Å². The second-order valence-electron chi connectivity index (χ2n) is 4.50. The third kappa shape index (κ3) is 3.20. The number of hydrazine groups is 1. The van der Waals surface area contributed by atoms with Crippen LogP contribution in [0.2, 0.25) is 0 Å². The van der Waals surface area contributed by atoms with E-state index in [0.717, 1.165) is 5.69 Å². The van der Waals surface area contributed by atoms with Gasteiger partial charge in [-0.15, -0.1) is 0 Å². The number of benzene rings is 1. The molecule has 92 valence electrons. The average Bonchev–Trinajstić information content (AvgIpc) is 2.84. The molecule has 4 nitrogen and oxygen atoms in total. The Bertz CT molecular complexity index is 394. The molecule has 0 atom stereocenters. The molecule has 1 aromatic carbocycles. The molecule has 0 saturated heterocycles. The summed E-state index contributed by atoms with van der Waals surface area (Å²) in [4.78, 5) is 4.60. The fourth-order valence-electron chi connectivity index (χ4n) is 2.16. The fraction of sp³-hybridized carbons (Fsp3) is 0.462. The molecular formula is C13H20N4. The van der Waals surface area contributed by atoms with E-state index in [1.807, 2.05) is 18.2 Å². The van der Waals surface area contributed by atoms with Crippen LogP contribution in [0, 0.1) is 6.92 Å². The van der Waals surface area contributed by atoms with Crippen LogP contribution in [0.15, 0.2) is 29.3 Å². The first-order chi connectivity index (χ1) is 8.29. The maximum Gasteiger partial charge on any atom is 0.210 e. The number of anilines is 1. The van der Waals surface area contributed by atoms with Crippen molar-refractivity contribution in [3.8, 4) is 0 Å². The molecule has 1 aliphatic rings. The summed E-state index contributed by atoms with van der Waals surface area (Å²) < 4.78 is 0. The van der Waals surface area contributed by atoms with Crippen LogP contribution in [0.1, 0.15) is 31.2 Å². The molecule has 0 radical (unpaired) electrons. The van der Waals surface area contributed by atoms with Crippen molar-refractivity contribution in [2.24, 2.45) is 10.8 Å². The Kier molecular flexibility index (Phi) is 3.98. The molecule has 0 aliphatic heterocycles. The van der Waals surface area contributed by atoms with E-state index < -0.39 is 0 Å². The van der Waals surface area contributed by atoms with E-state index in [-0.39, 0.29) is 0 Å². The van der Waals surface area contributed by atoms with E-state index in [2.05, 4.69) is 28.7 Å². The lowest BCUT2D eigenvalue weighted by atomic mass is 10.2. The van der Waals surface area contributed by atoms with Crippen molar-refractivity contribution in [1.29, 1.82) is 0 Å². The van der Waals surface area contributed by atoms with Gasteiger partial charge in [-0.25, -0.2) is 10.8 Å².